The topological polar surface area (TPSA) is 32.6 Å². The molecule has 12 heavy (non-hydrogen) atoms. The summed E-state index contributed by atoms with van der Waals surface area (Å²) in [5, 5.41) is 6.73. The third-order valence-electron chi connectivity index (χ3n) is 1.56. The molecule has 0 fully saturated rings. The van der Waals surface area contributed by atoms with E-state index in [1.54, 1.807) is 6.20 Å². The molecule has 4 heteroatoms. The molecular weight excluding hydrogens is 218 g/mol. The smallest absolute Gasteiger partial charge is 0.113 e. The van der Waals surface area contributed by atoms with Crippen LogP contribution >= 0.6 is 15.9 Å². The summed E-state index contributed by atoms with van der Waals surface area (Å²) >= 11 is 3.37. The third kappa shape index (κ3) is 1.25. The molecule has 0 amide bonds. The number of H-pyrrole nitrogens is 1. The molecule has 0 aliphatic rings. The second-order valence-electron chi connectivity index (χ2n) is 2.35. The van der Waals surface area contributed by atoms with E-state index < -0.39 is 0 Å². The molecule has 0 atom stereocenters. The van der Waals surface area contributed by atoms with E-state index in [0.717, 1.165) is 10.3 Å². The van der Waals surface area contributed by atoms with Crippen molar-refractivity contribution in [3.63, 3.8) is 0 Å². The van der Waals surface area contributed by atoms with Crippen molar-refractivity contribution in [1.29, 1.82) is 0 Å². The summed E-state index contributed by atoms with van der Waals surface area (Å²) in [5.41, 5.74) is 1.06. The minimum atomic E-state index is 0.911. The van der Waals surface area contributed by atoms with Gasteiger partial charge in [-0.1, -0.05) is 23.4 Å². The average Bonchev–Trinajstić information content (AvgIpc) is 2.53. The number of hydrogen-bond acceptors (Lipinski definition) is 1. The molecule has 2 aromatic rings. The van der Waals surface area contributed by atoms with Gasteiger partial charge in [0, 0.05) is 21.0 Å². The summed E-state index contributed by atoms with van der Waals surface area (Å²) < 4.78 is 2.76. The number of halogens is 1. The lowest BCUT2D eigenvalue weighted by molar-refractivity contribution is -0.670. The van der Waals surface area contributed by atoms with Gasteiger partial charge in [-0.25, -0.2) is 0 Å². The predicted octanol–water partition coefficient (Wildman–Crippen LogP) is 1.45. The van der Waals surface area contributed by atoms with E-state index in [4.69, 9.17) is 0 Å². The minimum absolute atomic E-state index is 0.911. The van der Waals surface area contributed by atoms with Gasteiger partial charge in [0.1, 0.15) is 0 Å². The van der Waals surface area contributed by atoms with Crippen molar-refractivity contribution in [2.24, 2.45) is 0 Å². The summed E-state index contributed by atoms with van der Waals surface area (Å²) in [4.78, 5) is 0. The molecule has 0 radical (unpaired) electrons. The van der Waals surface area contributed by atoms with Crippen molar-refractivity contribution in [2.45, 2.75) is 0 Å². The first-order valence-corrected chi connectivity index (χ1v) is 4.33. The van der Waals surface area contributed by atoms with Crippen molar-refractivity contribution < 1.29 is 4.68 Å². The van der Waals surface area contributed by atoms with Gasteiger partial charge in [0.25, 0.3) is 0 Å². The Morgan fingerprint density at radius 2 is 2.00 bits per heavy atom. The van der Waals surface area contributed by atoms with Crippen LogP contribution in [0.1, 0.15) is 0 Å². The van der Waals surface area contributed by atoms with Crippen molar-refractivity contribution in [3.8, 4) is 5.69 Å². The minimum Gasteiger partial charge on any atom is -0.113 e. The zero-order chi connectivity index (χ0) is 8.39. The number of rotatable bonds is 1. The maximum atomic E-state index is 3.89. The van der Waals surface area contributed by atoms with Crippen molar-refractivity contribution in [3.05, 3.63) is 41.1 Å². The van der Waals surface area contributed by atoms with Crippen LogP contribution in [-0.4, -0.2) is 10.3 Å². The van der Waals surface area contributed by atoms with Gasteiger partial charge >= 0.3 is 0 Å². The van der Waals surface area contributed by atoms with Crippen LogP contribution in [0.15, 0.2) is 41.1 Å². The molecule has 2 rings (SSSR count). The Hall–Kier alpha value is -1.16. The van der Waals surface area contributed by atoms with E-state index in [9.17, 15) is 0 Å². The first kappa shape index (κ1) is 7.49. The Morgan fingerprint density at radius 3 is 2.58 bits per heavy atom. The van der Waals surface area contributed by atoms with Crippen LogP contribution in [-0.2, 0) is 0 Å². The van der Waals surface area contributed by atoms with Gasteiger partial charge in [0.05, 0.1) is 0 Å². The highest BCUT2D eigenvalue weighted by atomic mass is 79.9. The Balaban J connectivity index is 2.51. The van der Waals surface area contributed by atoms with Crippen LogP contribution in [0, 0.1) is 0 Å². The highest BCUT2D eigenvalue weighted by molar-refractivity contribution is 9.10. The zero-order valence-electron chi connectivity index (χ0n) is 6.24. The van der Waals surface area contributed by atoms with E-state index >= 15 is 0 Å². The van der Waals surface area contributed by atoms with Crippen LogP contribution in [0.5, 0.6) is 0 Å². The van der Waals surface area contributed by atoms with Crippen molar-refractivity contribution in [1.82, 2.24) is 10.3 Å². The number of benzene rings is 1. The average molecular weight is 225 g/mol. The van der Waals surface area contributed by atoms with Gasteiger partial charge in [0.2, 0.25) is 10.8 Å². The SMILES string of the molecule is Brc1cn[nH][n+]1-c1ccccc1. The Labute approximate surface area is 78.2 Å². The summed E-state index contributed by atoms with van der Waals surface area (Å²) in [6, 6.07) is 9.95. The molecule has 1 aromatic carbocycles. The van der Waals surface area contributed by atoms with Crippen LogP contribution in [0.3, 0.4) is 0 Å². The molecule has 0 spiro atoms. The molecule has 0 unspecified atom stereocenters. The second kappa shape index (κ2) is 3.06. The Bertz CT molecular complexity index is 369. The number of aromatic nitrogens is 3. The Morgan fingerprint density at radius 1 is 1.25 bits per heavy atom. The fourth-order valence-electron chi connectivity index (χ4n) is 1.00. The molecule has 1 N–H and O–H groups in total. The molecule has 0 saturated heterocycles. The maximum absolute atomic E-state index is 3.89. The number of nitrogens with zero attached hydrogens (tertiary/aromatic N) is 2. The normalized spacial score (nSPS) is 10.1. The molecule has 0 saturated carbocycles. The van der Waals surface area contributed by atoms with Gasteiger partial charge in [-0.15, -0.1) is 4.68 Å². The summed E-state index contributed by atoms with van der Waals surface area (Å²) in [7, 11) is 0. The van der Waals surface area contributed by atoms with E-state index in [0.29, 0.717) is 0 Å². The fraction of sp³-hybridized carbons (Fsp3) is 0. The second-order valence-corrected chi connectivity index (χ2v) is 3.16. The first-order valence-electron chi connectivity index (χ1n) is 3.54. The van der Waals surface area contributed by atoms with Crippen molar-refractivity contribution >= 4 is 15.9 Å². The lowest BCUT2D eigenvalue weighted by atomic mass is 10.3. The predicted molar refractivity (Wildman–Crippen MR) is 47.8 cm³/mol. The quantitative estimate of drug-likeness (QED) is 0.732. The van der Waals surface area contributed by atoms with Gasteiger partial charge in [0.15, 0.2) is 5.69 Å². The fourth-order valence-corrected chi connectivity index (χ4v) is 1.39. The van der Waals surface area contributed by atoms with E-state index in [1.165, 1.54) is 0 Å². The lowest BCUT2D eigenvalue weighted by Crippen LogP contribution is -2.33. The molecule has 3 nitrogen and oxygen atoms in total. The zero-order valence-corrected chi connectivity index (χ0v) is 7.82. The molecular formula is C8H7BrN3+. The van der Waals surface area contributed by atoms with E-state index in [1.807, 2.05) is 35.0 Å². The summed E-state index contributed by atoms with van der Waals surface area (Å²) in [6.45, 7) is 0. The number of para-hydroxylation sites is 1. The largest absolute Gasteiger partial charge is 0.241 e. The summed E-state index contributed by atoms with van der Waals surface area (Å²) in [5.74, 6) is 0. The number of aromatic amines is 1. The molecule has 1 heterocycles. The highest BCUT2D eigenvalue weighted by Gasteiger charge is 2.08. The van der Waals surface area contributed by atoms with Crippen LogP contribution in [0.25, 0.3) is 5.69 Å². The van der Waals surface area contributed by atoms with E-state index in [-0.39, 0.29) is 0 Å². The van der Waals surface area contributed by atoms with Gasteiger partial charge in [-0.2, -0.15) is 0 Å². The third-order valence-corrected chi connectivity index (χ3v) is 2.12. The molecule has 1 aromatic heterocycles. The van der Waals surface area contributed by atoms with Gasteiger partial charge in [-0.3, -0.25) is 0 Å². The first-order chi connectivity index (χ1) is 5.88. The number of hydrogen-bond donors (Lipinski definition) is 1. The summed E-state index contributed by atoms with van der Waals surface area (Å²) in [6.07, 6.45) is 1.72. The molecule has 60 valence electrons. The van der Waals surface area contributed by atoms with E-state index in [2.05, 4.69) is 26.2 Å². The lowest BCUT2D eigenvalue weighted by Gasteiger charge is -1.92. The molecule has 0 aliphatic carbocycles. The van der Waals surface area contributed by atoms with Gasteiger partial charge < -0.3 is 0 Å². The standard InChI is InChI=1S/C8H6BrN3/c9-8-6-10-11-12(8)7-4-2-1-3-5-7/h1-6H/p+1. The monoisotopic (exact) mass is 224 g/mol. The van der Waals surface area contributed by atoms with Crippen LogP contribution < -0.4 is 4.68 Å². The van der Waals surface area contributed by atoms with Gasteiger partial charge in [-0.05, 0) is 12.1 Å². The maximum Gasteiger partial charge on any atom is 0.241 e. The van der Waals surface area contributed by atoms with Crippen LogP contribution in [0.2, 0.25) is 0 Å². The Kier molecular flexibility index (Phi) is 1.91. The van der Waals surface area contributed by atoms with Crippen molar-refractivity contribution in [2.75, 3.05) is 0 Å². The van der Waals surface area contributed by atoms with Crippen LogP contribution in [0.4, 0.5) is 0 Å². The number of nitrogens with one attached hydrogen (secondary N) is 1. The highest BCUT2D eigenvalue weighted by Crippen LogP contribution is 2.03. The molecule has 0 bridgehead atoms. The molecule has 0 aliphatic heterocycles.